The molecule has 0 bridgehead atoms. The van der Waals surface area contributed by atoms with Crippen LogP contribution in [0, 0.1) is 13.8 Å². The molecule has 3 rings (SSSR count). The number of hydrogen-bond donors (Lipinski definition) is 1. The van der Waals surface area contributed by atoms with Crippen molar-refractivity contribution in [2.45, 2.75) is 13.8 Å². The highest BCUT2D eigenvalue weighted by Crippen LogP contribution is 2.31. The number of nitrogens with zero attached hydrogens (tertiary/aromatic N) is 2. The molecule has 2 aromatic rings. The minimum atomic E-state index is 0.944. The molecule has 0 amide bonds. The van der Waals surface area contributed by atoms with Gasteiger partial charge < -0.3 is 14.6 Å². The van der Waals surface area contributed by atoms with Gasteiger partial charge in [0, 0.05) is 37.1 Å². The van der Waals surface area contributed by atoms with E-state index in [-0.39, 0.29) is 0 Å². The lowest BCUT2D eigenvalue weighted by molar-refractivity contribution is 0.505. The first kappa shape index (κ1) is 11.7. The lowest BCUT2D eigenvalue weighted by atomic mass is 10.2. The number of aromatic nitrogens is 1. The number of furan rings is 1. The number of hydrogen-bond acceptors (Lipinski definition) is 5. The van der Waals surface area contributed by atoms with Crippen molar-refractivity contribution >= 4 is 16.5 Å². The van der Waals surface area contributed by atoms with Crippen LogP contribution >= 0.6 is 11.3 Å². The van der Waals surface area contributed by atoms with E-state index in [9.17, 15) is 0 Å². The van der Waals surface area contributed by atoms with E-state index in [1.807, 2.05) is 13.8 Å². The third-order valence-corrected chi connectivity index (χ3v) is 4.10. The average molecular weight is 263 g/mol. The quantitative estimate of drug-likeness (QED) is 0.903. The van der Waals surface area contributed by atoms with Crippen LogP contribution in [0.2, 0.25) is 0 Å². The molecule has 1 saturated heterocycles. The highest BCUT2D eigenvalue weighted by molar-refractivity contribution is 7.14. The molecule has 0 unspecified atom stereocenters. The second-order valence-corrected chi connectivity index (χ2v) is 5.42. The summed E-state index contributed by atoms with van der Waals surface area (Å²) in [5.41, 5.74) is 2.15. The summed E-state index contributed by atoms with van der Waals surface area (Å²) in [5.74, 6) is 1.89. The highest BCUT2D eigenvalue weighted by Gasteiger charge is 2.16. The first-order chi connectivity index (χ1) is 8.74. The lowest BCUT2D eigenvalue weighted by Gasteiger charge is -2.26. The van der Waals surface area contributed by atoms with Crippen molar-refractivity contribution in [2.75, 3.05) is 31.1 Å². The van der Waals surface area contributed by atoms with Crippen molar-refractivity contribution in [3.63, 3.8) is 0 Å². The monoisotopic (exact) mass is 263 g/mol. The van der Waals surface area contributed by atoms with Gasteiger partial charge in [0.2, 0.25) is 0 Å². The summed E-state index contributed by atoms with van der Waals surface area (Å²) in [7, 11) is 0. The summed E-state index contributed by atoms with van der Waals surface area (Å²) in [6.45, 7) is 8.12. The van der Waals surface area contributed by atoms with Gasteiger partial charge in [0.05, 0.1) is 5.69 Å². The number of aryl methyl sites for hydroxylation is 2. The standard InChI is InChI=1S/C13H17N3OS/c1-9-7-11(10(2)17-9)12-8-18-13(15-12)16-5-3-14-4-6-16/h7-8,14H,3-6H2,1-2H3. The van der Waals surface area contributed by atoms with E-state index in [0.717, 1.165) is 54.1 Å². The van der Waals surface area contributed by atoms with Gasteiger partial charge in [0.15, 0.2) is 5.13 Å². The van der Waals surface area contributed by atoms with Gasteiger partial charge in [-0.1, -0.05) is 0 Å². The van der Waals surface area contributed by atoms with Crippen molar-refractivity contribution in [1.82, 2.24) is 10.3 Å². The first-order valence-electron chi connectivity index (χ1n) is 6.22. The molecule has 1 aliphatic rings. The van der Waals surface area contributed by atoms with Crippen molar-refractivity contribution in [3.05, 3.63) is 23.0 Å². The average Bonchev–Trinajstić information content (AvgIpc) is 2.97. The Kier molecular flexibility index (Phi) is 3.09. The van der Waals surface area contributed by atoms with Gasteiger partial charge in [0.25, 0.3) is 0 Å². The molecule has 1 aliphatic heterocycles. The van der Waals surface area contributed by atoms with Crippen LogP contribution in [-0.4, -0.2) is 31.2 Å². The van der Waals surface area contributed by atoms with Crippen LogP contribution < -0.4 is 10.2 Å². The fourth-order valence-corrected chi connectivity index (χ4v) is 3.15. The van der Waals surface area contributed by atoms with Crippen molar-refractivity contribution < 1.29 is 4.42 Å². The zero-order valence-corrected chi connectivity index (χ0v) is 11.5. The molecule has 0 radical (unpaired) electrons. The summed E-state index contributed by atoms with van der Waals surface area (Å²) in [5, 5.41) is 6.59. The fourth-order valence-electron chi connectivity index (χ4n) is 2.27. The van der Waals surface area contributed by atoms with Crippen LogP contribution in [0.4, 0.5) is 5.13 Å². The maximum atomic E-state index is 5.56. The Hall–Kier alpha value is -1.33. The molecule has 1 fully saturated rings. The molecule has 2 aromatic heterocycles. The minimum Gasteiger partial charge on any atom is -0.466 e. The normalized spacial score (nSPS) is 16.2. The maximum absolute atomic E-state index is 5.56. The predicted octanol–water partition coefficient (Wildman–Crippen LogP) is 2.43. The van der Waals surface area contributed by atoms with Crippen molar-refractivity contribution in [1.29, 1.82) is 0 Å². The Bertz CT molecular complexity index is 540. The molecule has 3 heterocycles. The fraction of sp³-hybridized carbons (Fsp3) is 0.462. The Morgan fingerprint density at radius 1 is 1.33 bits per heavy atom. The smallest absolute Gasteiger partial charge is 0.185 e. The van der Waals surface area contributed by atoms with E-state index in [1.165, 1.54) is 0 Å². The molecule has 0 atom stereocenters. The largest absolute Gasteiger partial charge is 0.466 e. The summed E-state index contributed by atoms with van der Waals surface area (Å²) in [6, 6.07) is 2.06. The van der Waals surface area contributed by atoms with Gasteiger partial charge in [-0.25, -0.2) is 4.98 Å². The second-order valence-electron chi connectivity index (χ2n) is 4.58. The molecule has 1 N–H and O–H groups in total. The summed E-state index contributed by atoms with van der Waals surface area (Å²) in [4.78, 5) is 7.08. The topological polar surface area (TPSA) is 41.3 Å². The number of nitrogens with one attached hydrogen (secondary N) is 1. The van der Waals surface area contributed by atoms with E-state index in [0.29, 0.717) is 0 Å². The number of rotatable bonds is 2. The molecule has 0 aliphatic carbocycles. The first-order valence-corrected chi connectivity index (χ1v) is 7.10. The maximum Gasteiger partial charge on any atom is 0.185 e. The second kappa shape index (κ2) is 4.74. The van der Waals surface area contributed by atoms with E-state index >= 15 is 0 Å². The molecule has 4 nitrogen and oxygen atoms in total. The molecule has 5 heteroatoms. The number of anilines is 1. The number of thiazole rings is 1. The van der Waals surface area contributed by atoms with Crippen molar-refractivity contribution in [2.24, 2.45) is 0 Å². The van der Waals surface area contributed by atoms with E-state index in [2.05, 4.69) is 21.7 Å². The summed E-state index contributed by atoms with van der Waals surface area (Å²) < 4.78 is 5.56. The molecular formula is C13H17N3OS. The SMILES string of the molecule is Cc1cc(-c2csc(N3CCNCC3)n2)c(C)o1. The van der Waals surface area contributed by atoms with Gasteiger partial charge in [-0.15, -0.1) is 11.3 Å². The van der Waals surface area contributed by atoms with Gasteiger partial charge in [0.1, 0.15) is 11.5 Å². The predicted molar refractivity (Wildman–Crippen MR) is 74.4 cm³/mol. The van der Waals surface area contributed by atoms with Crippen LogP contribution in [0.25, 0.3) is 11.3 Å². The Morgan fingerprint density at radius 3 is 2.78 bits per heavy atom. The van der Waals surface area contributed by atoms with Crippen LogP contribution in [0.1, 0.15) is 11.5 Å². The van der Waals surface area contributed by atoms with E-state index in [1.54, 1.807) is 11.3 Å². The van der Waals surface area contributed by atoms with Gasteiger partial charge >= 0.3 is 0 Å². The Morgan fingerprint density at radius 2 is 2.11 bits per heavy atom. The van der Waals surface area contributed by atoms with Gasteiger partial charge in [-0.2, -0.15) is 0 Å². The zero-order valence-electron chi connectivity index (χ0n) is 10.7. The Balaban J connectivity index is 1.86. The van der Waals surface area contributed by atoms with Gasteiger partial charge in [-0.3, -0.25) is 0 Å². The molecule has 96 valence electrons. The lowest BCUT2D eigenvalue weighted by Crippen LogP contribution is -2.43. The van der Waals surface area contributed by atoms with Crippen LogP contribution in [0.5, 0.6) is 0 Å². The summed E-state index contributed by atoms with van der Waals surface area (Å²) >= 11 is 1.71. The molecular weight excluding hydrogens is 246 g/mol. The molecule has 0 saturated carbocycles. The molecule has 18 heavy (non-hydrogen) atoms. The van der Waals surface area contributed by atoms with E-state index < -0.39 is 0 Å². The minimum absolute atomic E-state index is 0.944. The third-order valence-electron chi connectivity index (χ3n) is 3.20. The highest BCUT2D eigenvalue weighted by atomic mass is 32.1. The molecule has 0 aromatic carbocycles. The summed E-state index contributed by atoms with van der Waals surface area (Å²) in [6.07, 6.45) is 0. The van der Waals surface area contributed by atoms with Gasteiger partial charge in [-0.05, 0) is 19.9 Å². The van der Waals surface area contributed by atoms with Crippen LogP contribution in [-0.2, 0) is 0 Å². The Labute approximate surface area is 111 Å². The zero-order chi connectivity index (χ0) is 12.5. The van der Waals surface area contributed by atoms with Crippen LogP contribution in [0.3, 0.4) is 0 Å². The number of piperazine rings is 1. The van der Waals surface area contributed by atoms with Crippen molar-refractivity contribution in [3.8, 4) is 11.3 Å². The third kappa shape index (κ3) is 2.15. The molecule has 0 spiro atoms. The van der Waals surface area contributed by atoms with Crippen LogP contribution in [0.15, 0.2) is 15.9 Å². The van der Waals surface area contributed by atoms with E-state index in [4.69, 9.17) is 9.40 Å².